The van der Waals surface area contributed by atoms with Gasteiger partial charge in [-0.2, -0.15) is 5.10 Å². The molecule has 0 aliphatic carbocycles. The molecule has 2 aromatic rings. The highest BCUT2D eigenvalue weighted by molar-refractivity contribution is 5.79. The van der Waals surface area contributed by atoms with Crippen LogP contribution in [-0.2, 0) is 11.3 Å². The van der Waals surface area contributed by atoms with Gasteiger partial charge in [0.25, 0.3) is 0 Å². The molecular formula is C20H28N4O. The Hall–Kier alpha value is -1.88. The summed E-state index contributed by atoms with van der Waals surface area (Å²) in [4.78, 5) is 17.3. The molecule has 2 aromatic heterocycles. The summed E-state index contributed by atoms with van der Waals surface area (Å²) >= 11 is 0. The number of pyridine rings is 1. The van der Waals surface area contributed by atoms with Crippen molar-refractivity contribution in [3.63, 3.8) is 0 Å². The number of rotatable bonds is 3. The summed E-state index contributed by atoms with van der Waals surface area (Å²) in [5, 5.41) is 4.42. The number of carbonyl (C=O) groups excluding carboxylic acids is 1. The molecule has 0 N–H and O–H groups in total. The van der Waals surface area contributed by atoms with E-state index >= 15 is 0 Å². The van der Waals surface area contributed by atoms with E-state index < -0.39 is 0 Å². The Labute approximate surface area is 149 Å². The van der Waals surface area contributed by atoms with Crippen LogP contribution in [0.5, 0.6) is 0 Å². The zero-order chi connectivity index (χ0) is 17.2. The molecule has 0 spiro atoms. The average Bonchev–Trinajstić information content (AvgIpc) is 3.06. The Morgan fingerprint density at radius 1 is 1.12 bits per heavy atom. The minimum absolute atomic E-state index is 0.230. The van der Waals surface area contributed by atoms with E-state index in [1.54, 1.807) is 0 Å². The minimum atomic E-state index is 0.230. The molecule has 1 amide bonds. The largest absolute Gasteiger partial charge is 0.342 e. The SMILES string of the molecule is CC1CCN(C(=O)C2CCN(Cc3cnn4ccccc34)CC2)CC1. The summed E-state index contributed by atoms with van der Waals surface area (Å²) in [6, 6.07) is 6.18. The van der Waals surface area contributed by atoms with Gasteiger partial charge in [-0.25, -0.2) is 4.52 Å². The Bertz CT molecular complexity index is 724. The zero-order valence-corrected chi connectivity index (χ0v) is 15.1. The van der Waals surface area contributed by atoms with Gasteiger partial charge in [0.2, 0.25) is 5.91 Å². The van der Waals surface area contributed by atoms with Gasteiger partial charge in [-0.1, -0.05) is 13.0 Å². The van der Waals surface area contributed by atoms with Crippen molar-refractivity contribution < 1.29 is 4.79 Å². The van der Waals surface area contributed by atoms with Crippen molar-refractivity contribution in [1.82, 2.24) is 19.4 Å². The van der Waals surface area contributed by atoms with Crippen LogP contribution < -0.4 is 0 Å². The minimum Gasteiger partial charge on any atom is -0.342 e. The van der Waals surface area contributed by atoms with Gasteiger partial charge in [0, 0.05) is 37.3 Å². The van der Waals surface area contributed by atoms with Crippen LogP contribution in [0.1, 0.15) is 38.2 Å². The molecular weight excluding hydrogens is 312 g/mol. The third kappa shape index (κ3) is 3.56. The van der Waals surface area contributed by atoms with E-state index in [9.17, 15) is 4.79 Å². The molecule has 2 fully saturated rings. The van der Waals surface area contributed by atoms with Crippen LogP contribution in [0.4, 0.5) is 0 Å². The van der Waals surface area contributed by atoms with Crippen molar-refractivity contribution in [2.45, 2.75) is 39.2 Å². The van der Waals surface area contributed by atoms with Gasteiger partial charge < -0.3 is 4.90 Å². The normalized spacial score (nSPS) is 21.1. The summed E-state index contributed by atoms with van der Waals surface area (Å²) in [7, 11) is 0. The maximum atomic E-state index is 12.8. The average molecular weight is 340 g/mol. The molecule has 2 aliphatic rings. The van der Waals surface area contributed by atoms with E-state index in [1.807, 2.05) is 23.0 Å². The van der Waals surface area contributed by atoms with Crippen LogP contribution in [0.3, 0.4) is 0 Å². The van der Waals surface area contributed by atoms with Crippen molar-refractivity contribution >= 4 is 11.4 Å². The van der Waals surface area contributed by atoms with Crippen molar-refractivity contribution in [2.75, 3.05) is 26.2 Å². The van der Waals surface area contributed by atoms with Crippen LogP contribution in [0.2, 0.25) is 0 Å². The van der Waals surface area contributed by atoms with Crippen LogP contribution >= 0.6 is 0 Å². The van der Waals surface area contributed by atoms with Gasteiger partial charge in [0.15, 0.2) is 0 Å². The fraction of sp³-hybridized carbons (Fsp3) is 0.600. The van der Waals surface area contributed by atoms with E-state index in [4.69, 9.17) is 0 Å². The summed E-state index contributed by atoms with van der Waals surface area (Å²) in [5.74, 6) is 1.41. The number of piperidine rings is 2. The number of aromatic nitrogens is 2. The molecule has 0 atom stereocenters. The standard InChI is InChI=1S/C20H28N4O/c1-16-5-12-23(13-6-16)20(25)17-7-10-22(11-8-17)15-18-14-21-24-9-3-2-4-19(18)24/h2-4,9,14,16-17H,5-8,10-13,15H2,1H3. The van der Waals surface area contributed by atoms with Crippen LogP contribution in [0.25, 0.3) is 5.52 Å². The molecule has 134 valence electrons. The Kier molecular flexibility index (Phi) is 4.75. The van der Waals surface area contributed by atoms with E-state index in [0.29, 0.717) is 5.91 Å². The first-order valence-corrected chi connectivity index (χ1v) is 9.63. The fourth-order valence-electron chi connectivity index (χ4n) is 4.18. The molecule has 0 aromatic carbocycles. The fourth-order valence-corrected chi connectivity index (χ4v) is 4.18. The van der Waals surface area contributed by atoms with Gasteiger partial charge in [-0.05, 0) is 56.8 Å². The maximum absolute atomic E-state index is 12.8. The van der Waals surface area contributed by atoms with Gasteiger partial charge in [-0.15, -0.1) is 0 Å². The van der Waals surface area contributed by atoms with Crippen molar-refractivity contribution in [1.29, 1.82) is 0 Å². The highest BCUT2D eigenvalue weighted by Crippen LogP contribution is 2.25. The second-order valence-electron chi connectivity index (χ2n) is 7.76. The Morgan fingerprint density at radius 3 is 2.64 bits per heavy atom. The lowest BCUT2D eigenvalue weighted by atomic mass is 9.92. The number of hydrogen-bond donors (Lipinski definition) is 0. The van der Waals surface area contributed by atoms with Crippen LogP contribution in [0, 0.1) is 11.8 Å². The number of amides is 1. The molecule has 2 saturated heterocycles. The number of carbonyl (C=O) groups is 1. The third-order valence-corrected chi connectivity index (χ3v) is 5.93. The topological polar surface area (TPSA) is 40.9 Å². The van der Waals surface area contributed by atoms with Gasteiger partial charge in [-0.3, -0.25) is 9.69 Å². The van der Waals surface area contributed by atoms with E-state index in [0.717, 1.165) is 51.5 Å². The highest BCUT2D eigenvalue weighted by atomic mass is 16.2. The lowest BCUT2D eigenvalue weighted by Gasteiger charge is -2.36. The quantitative estimate of drug-likeness (QED) is 0.863. The molecule has 2 aliphatic heterocycles. The summed E-state index contributed by atoms with van der Waals surface area (Å²) in [6.07, 6.45) is 8.28. The van der Waals surface area contributed by atoms with Gasteiger partial charge in [0.1, 0.15) is 0 Å². The molecule has 5 nitrogen and oxygen atoms in total. The molecule has 0 unspecified atom stereocenters. The monoisotopic (exact) mass is 340 g/mol. The summed E-state index contributed by atoms with van der Waals surface area (Å²) in [5.41, 5.74) is 2.46. The second kappa shape index (κ2) is 7.16. The number of likely N-dealkylation sites (tertiary alicyclic amines) is 2. The first kappa shape index (κ1) is 16.6. The number of fused-ring (bicyclic) bond motifs is 1. The number of nitrogens with zero attached hydrogens (tertiary/aromatic N) is 4. The Morgan fingerprint density at radius 2 is 1.88 bits per heavy atom. The van der Waals surface area contributed by atoms with E-state index in [-0.39, 0.29) is 5.92 Å². The number of hydrogen-bond acceptors (Lipinski definition) is 3. The summed E-state index contributed by atoms with van der Waals surface area (Å²) < 4.78 is 1.93. The maximum Gasteiger partial charge on any atom is 0.225 e. The first-order valence-electron chi connectivity index (χ1n) is 9.63. The first-order chi connectivity index (χ1) is 12.2. The van der Waals surface area contributed by atoms with Crippen molar-refractivity contribution in [2.24, 2.45) is 11.8 Å². The van der Waals surface area contributed by atoms with Crippen LogP contribution in [-0.4, -0.2) is 51.5 Å². The third-order valence-electron chi connectivity index (χ3n) is 5.93. The van der Waals surface area contributed by atoms with E-state index in [1.165, 1.54) is 23.9 Å². The van der Waals surface area contributed by atoms with Gasteiger partial charge in [0.05, 0.1) is 11.7 Å². The molecule has 0 saturated carbocycles. The lowest BCUT2D eigenvalue weighted by molar-refractivity contribution is -0.138. The lowest BCUT2D eigenvalue weighted by Crippen LogP contribution is -2.45. The highest BCUT2D eigenvalue weighted by Gasteiger charge is 2.30. The molecule has 0 bridgehead atoms. The molecule has 4 heterocycles. The molecule has 0 radical (unpaired) electrons. The van der Waals surface area contributed by atoms with Gasteiger partial charge >= 0.3 is 0 Å². The predicted octanol–water partition coefficient (Wildman–Crippen LogP) is 2.80. The second-order valence-corrected chi connectivity index (χ2v) is 7.76. The van der Waals surface area contributed by atoms with Crippen molar-refractivity contribution in [3.8, 4) is 0 Å². The summed E-state index contributed by atoms with van der Waals surface area (Å²) in [6.45, 7) is 7.15. The van der Waals surface area contributed by atoms with E-state index in [2.05, 4.69) is 34.0 Å². The molecule has 25 heavy (non-hydrogen) atoms. The molecule has 4 rings (SSSR count). The predicted molar refractivity (Wildman–Crippen MR) is 98.2 cm³/mol. The zero-order valence-electron chi connectivity index (χ0n) is 15.1. The van der Waals surface area contributed by atoms with Crippen molar-refractivity contribution in [3.05, 3.63) is 36.2 Å². The van der Waals surface area contributed by atoms with Crippen LogP contribution in [0.15, 0.2) is 30.6 Å². The Balaban J connectivity index is 1.31. The molecule has 5 heteroatoms. The smallest absolute Gasteiger partial charge is 0.225 e.